The Morgan fingerprint density at radius 2 is 2.13 bits per heavy atom. The largest absolute Gasteiger partial charge is 0.369 e. The summed E-state index contributed by atoms with van der Waals surface area (Å²) in [6, 6.07) is 6.79. The Morgan fingerprint density at radius 3 is 2.60 bits per heavy atom. The van der Waals surface area contributed by atoms with E-state index in [-0.39, 0.29) is 6.42 Å². The Labute approximate surface area is 97.4 Å². The molecule has 1 unspecified atom stereocenters. The zero-order valence-electron chi connectivity index (χ0n) is 7.71. The van der Waals surface area contributed by atoms with Gasteiger partial charge in [0, 0.05) is 0 Å². The molecule has 78 valence electrons. The van der Waals surface area contributed by atoms with Crippen molar-refractivity contribution in [3.63, 3.8) is 0 Å². The minimum absolute atomic E-state index is 0.253. The van der Waals surface area contributed by atoms with Gasteiger partial charge in [0.15, 0.2) is 0 Å². The Morgan fingerprint density at radius 1 is 1.47 bits per heavy atom. The second kappa shape index (κ2) is 5.01. The van der Waals surface area contributed by atoms with E-state index in [2.05, 4.69) is 0 Å². The number of nitrogens with two attached hydrogens (primary N) is 1. The Hall–Kier alpha value is -1.24. The van der Waals surface area contributed by atoms with Crippen LogP contribution < -0.4 is 5.73 Å². The summed E-state index contributed by atoms with van der Waals surface area (Å²) in [5.74, 6) is -1.47. The number of amides is 1. The lowest BCUT2D eigenvalue weighted by atomic mass is 10.0. The molecule has 0 fully saturated rings. The minimum Gasteiger partial charge on any atom is -0.369 e. The fourth-order valence-electron chi connectivity index (χ4n) is 1.11. The topological polar surface area (TPSA) is 66.9 Å². The first-order chi connectivity index (χ1) is 7.04. The van der Waals surface area contributed by atoms with E-state index in [9.17, 15) is 4.79 Å². The van der Waals surface area contributed by atoms with Gasteiger partial charge >= 0.3 is 0 Å². The molecule has 0 saturated carbocycles. The van der Waals surface area contributed by atoms with Gasteiger partial charge in [-0.3, -0.25) is 4.79 Å². The molecule has 1 aromatic carbocycles. The molecule has 2 N–H and O–H groups in total. The summed E-state index contributed by atoms with van der Waals surface area (Å²) in [4.78, 5) is 10.8. The van der Waals surface area contributed by atoms with Crippen LogP contribution in [0.25, 0.3) is 0 Å². The maximum absolute atomic E-state index is 10.8. The van der Waals surface area contributed by atoms with E-state index in [1.54, 1.807) is 18.2 Å². The molecule has 0 radical (unpaired) electrons. The lowest BCUT2D eigenvalue weighted by Crippen LogP contribution is -2.23. The highest BCUT2D eigenvalue weighted by Gasteiger charge is 2.15. The summed E-state index contributed by atoms with van der Waals surface area (Å²) in [5.41, 5.74) is 5.80. The third-order valence-corrected chi connectivity index (χ3v) is 2.66. The maximum atomic E-state index is 10.8. The van der Waals surface area contributed by atoms with Crippen molar-refractivity contribution in [2.45, 2.75) is 6.42 Å². The number of carbonyl (C=O) groups excluding carboxylic acids is 1. The van der Waals surface area contributed by atoms with Crippen LogP contribution >= 0.6 is 23.2 Å². The molecule has 0 aliphatic heterocycles. The highest BCUT2D eigenvalue weighted by molar-refractivity contribution is 6.42. The van der Waals surface area contributed by atoms with Crippen molar-refractivity contribution in [1.29, 1.82) is 5.26 Å². The van der Waals surface area contributed by atoms with Crippen molar-refractivity contribution >= 4 is 29.1 Å². The number of nitriles is 1. The van der Waals surface area contributed by atoms with E-state index < -0.39 is 11.8 Å². The van der Waals surface area contributed by atoms with Crippen LogP contribution in [0, 0.1) is 17.2 Å². The van der Waals surface area contributed by atoms with Crippen molar-refractivity contribution in [1.82, 2.24) is 0 Å². The Kier molecular flexibility index (Phi) is 3.96. The van der Waals surface area contributed by atoms with Crippen molar-refractivity contribution in [2.75, 3.05) is 0 Å². The summed E-state index contributed by atoms with van der Waals surface area (Å²) >= 11 is 11.5. The number of carbonyl (C=O) groups is 1. The van der Waals surface area contributed by atoms with Gasteiger partial charge in [-0.15, -0.1) is 0 Å². The second-order valence-electron chi connectivity index (χ2n) is 3.04. The van der Waals surface area contributed by atoms with Crippen LogP contribution in [0.5, 0.6) is 0 Å². The summed E-state index contributed by atoms with van der Waals surface area (Å²) < 4.78 is 0. The molecule has 5 heteroatoms. The number of primary amides is 1. The number of rotatable bonds is 3. The van der Waals surface area contributed by atoms with Crippen molar-refractivity contribution in [3.05, 3.63) is 33.8 Å². The van der Waals surface area contributed by atoms with Gasteiger partial charge in [0.05, 0.1) is 16.1 Å². The van der Waals surface area contributed by atoms with Gasteiger partial charge in [-0.05, 0) is 24.1 Å². The van der Waals surface area contributed by atoms with Crippen molar-refractivity contribution < 1.29 is 4.79 Å². The van der Waals surface area contributed by atoms with E-state index in [0.29, 0.717) is 10.0 Å². The van der Waals surface area contributed by atoms with E-state index in [0.717, 1.165) is 5.56 Å². The monoisotopic (exact) mass is 242 g/mol. The van der Waals surface area contributed by atoms with Gasteiger partial charge in [0.25, 0.3) is 0 Å². The Bertz CT molecular complexity index is 426. The summed E-state index contributed by atoms with van der Waals surface area (Å²) in [5, 5.41) is 9.51. The number of benzene rings is 1. The molecule has 0 aliphatic rings. The van der Waals surface area contributed by atoms with Gasteiger partial charge in [-0.2, -0.15) is 5.26 Å². The zero-order valence-corrected chi connectivity index (χ0v) is 9.22. The van der Waals surface area contributed by atoms with E-state index >= 15 is 0 Å². The highest BCUT2D eigenvalue weighted by Crippen LogP contribution is 2.23. The van der Waals surface area contributed by atoms with Crippen LogP contribution in [0.15, 0.2) is 18.2 Å². The van der Waals surface area contributed by atoms with Gasteiger partial charge in [-0.1, -0.05) is 29.3 Å². The van der Waals surface area contributed by atoms with Gasteiger partial charge < -0.3 is 5.73 Å². The molecule has 0 bridgehead atoms. The van der Waals surface area contributed by atoms with Crippen LogP contribution in [-0.2, 0) is 11.2 Å². The zero-order chi connectivity index (χ0) is 11.4. The SMILES string of the molecule is N#CC(Cc1ccc(Cl)c(Cl)c1)C(N)=O. The average molecular weight is 243 g/mol. The van der Waals surface area contributed by atoms with Gasteiger partial charge in [0.1, 0.15) is 5.92 Å². The molecule has 0 spiro atoms. The molecule has 0 heterocycles. The number of halogens is 2. The summed E-state index contributed by atoms with van der Waals surface area (Å²) in [6.45, 7) is 0. The van der Waals surface area contributed by atoms with Crippen LogP contribution in [0.1, 0.15) is 5.56 Å². The number of hydrogen-bond donors (Lipinski definition) is 1. The first-order valence-electron chi connectivity index (χ1n) is 4.17. The molecule has 0 aliphatic carbocycles. The normalized spacial score (nSPS) is 11.8. The minimum atomic E-state index is -0.831. The molecule has 3 nitrogen and oxygen atoms in total. The predicted molar refractivity (Wildman–Crippen MR) is 58.5 cm³/mol. The summed E-state index contributed by atoms with van der Waals surface area (Å²) in [7, 11) is 0. The highest BCUT2D eigenvalue weighted by atomic mass is 35.5. The van der Waals surface area contributed by atoms with Crippen LogP contribution in [0.3, 0.4) is 0 Å². The van der Waals surface area contributed by atoms with Crippen molar-refractivity contribution in [3.8, 4) is 6.07 Å². The fraction of sp³-hybridized carbons (Fsp3) is 0.200. The fourth-order valence-corrected chi connectivity index (χ4v) is 1.43. The number of nitrogens with zero attached hydrogens (tertiary/aromatic N) is 1. The van der Waals surface area contributed by atoms with Crippen LogP contribution in [-0.4, -0.2) is 5.91 Å². The smallest absolute Gasteiger partial charge is 0.235 e. The van der Waals surface area contributed by atoms with Crippen LogP contribution in [0.4, 0.5) is 0 Å². The molecule has 1 amide bonds. The quantitative estimate of drug-likeness (QED) is 0.883. The molecule has 0 aromatic heterocycles. The molecule has 1 atom stereocenters. The standard InChI is InChI=1S/C10H8Cl2N2O/c11-8-2-1-6(4-9(8)12)3-7(5-13)10(14)15/h1-2,4,7H,3H2,(H2,14,15). The molecular formula is C10H8Cl2N2O. The second-order valence-corrected chi connectivity index (χ2v) is 3.85. The lowest BCUT2D eigenvalue weighted by molar-refractivity contribution is -0.120. The predicted octanol–water partition coefficient (Wildman–Crippen LogP) is 2.16. The van der Waals surface area contributed by atoms with Crippen molar-refractivity contribution in [2.24, 2.45) is 11.7 Å². The maximum Gasteiger partial charge on any atom is 0.235 e. The van der Waals surface area contributed by atoms with Crippen LogP contribution in [0.2, 0.25) is 10.0 Å². The van der Waals surface area contributed by atoms with E-state index in [4.69, 9.17) is 34.2 Å². The Balaban J connectivity index is 2.86. The first-order valence-corrected chi connectivity index (χ1v) is 4.93. The molecule has 15 heavy (non-hydrogen) atoms. The van der Waals surface area contributed by atoms with E-state index in [1.807, 2.05) is 6.07 Å². The lowest BCUT2D eigenvalue weighted by Gasteiger charge is -2.05. The first kappa shape index (κ1) is 11.8. The molecule has 1 aromatic rings. The van der Waals surface area contributed by atoms with E-state index in [1.165, 1.54) is 0 Å². The molecular weight excluding hydrogens is 235 g/mol. The molecule has 1 rings (SSSR count). The van der Waals surface area contributed by atoms with Gasteiger partial charge in [-0.25, -0.2) is 0 Å². The third kappa shape index (κ3) is 3.12. The number of hydrogen-bond acceptors (Lipinski definition) is 2. The third-order valence-electron chi connectivity index (χ3n) is 1.92. The average Bonchev–Trinajstić information content (AvgIpc) is 2.19. The summed E-state index contributed by atoms with van der Waals surface area (Å²) in [6.07, 6.45) is 0.253. The molecule has 0 saturated heterocycles. The van der Waals surface area contributed by atoms with Gasteiger partial charge in [0.2, 0.25) is 5.91 Å².